The van der Waals surface area contributed by atoms with Gasteiger partial charge in [-0.1, -0.05) is 24.7 Å². The van der Waals surface area contributed by atoms with Crippen LogP contribution in [0.5, 0.6) is 0 Å². The summed E-state index contributed by atoms with van der Waals surface area (Å²) in [4.78, 5) is 3.86. The highest BCUT2D eigenvalue weighted by atomic mass is 32.1. The lowest BCUT2D eigenvalue weighted by Gasteiger charge is -2.23. The predicted molar refractivity (Wildman–Crippen MR) is 76.6 cm³/mol. The van der Waals surface area contributed by atoms with Gasteiger partial charge in [0.05, 0.1) is 6.61 Å². The predicted octanol–water partition coefficient (Wildman–Crippen LogP) is 2.86. The third-order valence-corrected chi connectivity index (χ3v) is 4.40. The Morgan fingerprint density at radius 1 is 1.44 bits per heavy atom. The van der Waals surface area contributed by atoms with Gasteiger partial charge in [0.1, 0.15) is 0 Å². The standard InChI is InChI=1S/C15H21NOS/c1-16(14-7-2-3-8-14)11-15-10-13(12-18-15)6-4-5-9-17/h10,12,14,17H,2-3,5,7-9,11H2,1H3. The SMILES string of the molecule is CN(Cc1cc(C#CCCO)cs1)C1CCCC1. The van der Waals surface area contributed by atoms with Crippen molar-refractivity contribution in [1.29, 1.82) is 0 Å². The van der Waals surface area contributed by atoms with Crippen molar-refractivity contribution >= 4 is 11.3 Å². The number of hydrogen-bond donors (Lipinski definition) is 1. The van der Waals surface area contributed by atoms with E-state index >= 15 is 0 Å². The molecule has 0 amide bonds. The fourth-order valence-corrected chi connectivity index (χ4v) is 3.35. The molecule has 98 valence electrons. The van der Waals surface area contributed by atoms with Gasteiger partial charge in [0.2, 0.25) is 0 Å². The zero-order valence-electron chi connectivity index (χ0n) is 11.0. The molecule has 0 spiro atoms. The van der Waals surface area contributed by atoms with Crippen LogP contribution in [0.1, 0.15) is 42.5 Å². The number of nitrogens with zero attached hydrogens (tertiary/aromatic N) is 1. The van der Waals surface area contributed by atoms with E-state index in [2.05, 4.69) is 35.2 Å². The first-order valence-electron chi connectivity index (χ1n) is 6.67. The fraction of sp³-hybridized carbons (Fsp3) is 0.600. The highest BCUT2D eigenvalue weighted by molar-refractivity contribution is 7.10. The second kappa shape index (κ2) is 6.94. The monoisotopic (exact) mass is 263 g/mol. The Kier molecular flexibility index (Phi) is 5.25. The van der Waals surface area contributed by atoms with E-state index in [1.54, 1.807) is 11.3 Å². The van der Waals surface area contributed by atoms with Crippen LogP contribution in [-0.2, 0) is 6.54 Å². The zero-order valence-corrected chi connectivity index (χ0v) is 11.8. The van der Waals surface area contributed by atoms with Crippen LogP contribution in [0.15, 0.2) is 11.4 Å². The van der Waals surface area contributed by atoms with Gasteiger partial charge in [0.25, 0.3) is 0 Å². The number of aliphatic hydroxyl groups is 1. The summed E-state index contributed by atoms with van der Waals surface area (Å²) in [5.74, 6) is 6.06. The quantitative estimate of drug-likeness (QED) is 0.844. The molecule has 1 heterocycles. The summed E-state index contributed by atoms with van der Waals surface area (Å²) >= 11 is 1.79. The van der Waals surface area contributed by atoms with E-state index in [4.69, 9.17) is 5.11 Å². The van der Waals surface area contributed by atoms with E-state index in [1.165, 1.54) is 30.6 Å². The van der Waals surface area contributed by atoms with Crippen molar-refractivity contribution < 1.29 is 5.11 Å². The number of hydrogen-bond acceptors (Lipinski definition) is 3. The molecular weight excluding hydrogens is 242 g/mol. The molecule has 1 aliphatic rings. The Morgan fingerprint density at radius 3 is 2.94 bits per heavy atom. The van der Waals surface area contributed by atoms with Crippen LogP contribution in [0, 0.1) is 11.8 Å². The average Bonchev–Trinajstić information content (AvgIpc) is 3.00. The largest absolute Gasteiger partial charge is 0.395 e. The lowest BCUT2D eigenvalue weighted by Crippen LogP contribution is -2.28. The van der Waals surface area contributed by atoms with Crippen LogP contribution in [0.3, 0.4) is 0 Å². The Labute approximate surface area is 114 Å². The summed E-state index contributed by atoms with van der Waals surface area (Å²) in [5.41, 5.74) is 1.09. The summed E-state index contributed by atoms with van der Waals surface area (Å²) in [6, 6.07) is 2.96. The van der Waals surface area contributed by atoms with Gasteiger partial charge in [-0.2, -0.15) is 0 Å². The Bertz CT molecular complexity index is 423. The molecule has 3 heteroatoms. The molecule has 18 heavy (non-hydrogen) atoms. The molecule has 2 rings (SSSR count). The summed E-state index contributed by atoms with van der Waals surface area (Å²) in [5, 5.41) is 10.8. The minimum Gasteiger partial charge on any atom is -0.395 e. The molecule has 1 aliphatic carbocycles. The first kappa shape index (κ1) is 13.6. The van der Waals surface area contributed by atoms with Crippen molar-refractivity contribution in [2.45, 2.75) is 44.7 Å². The molecule has 0 atom stereocenters. The van der Waals surface area contributed by atoms with Crippen LogP contribution in [-0.4, -0.2) is 29.7 Å². The van der Waals surface area contributed by atoms with Gasteiger partial charge in [-0.25, -0.2) is 0 Å². The number of thiophene rings is 1. The number of rotatable bonds is 4. The summed E-state index contributed by atoms with van der Waals surface area (Å²) in [7, 11) is 2.23. The van der Waals surface area contributed by atoms with Gasteiger partial charge in [0.15, 0.2) is 0 Å². The second-order valence-electron chi connectivity index (χ2n) is 4.93. The Hall–Kier alpha value is -0.820. The minimum atomic E-state index is 0.147. The molecule has 0 unspecified atom stereocenters. The first-order chi connectivity index (χ1) is 8.79. The van der Waals surface area contributed by atoms with Gasteiger partial charge in [-0.15, -0.1) is 11.3 Å². The molecular formula is C15H21NOS. The smallest absolute Gasteiger partial charge is 0.0540 e. The Morgan fingerprint density at radius 2 is 2.22 bits per heavy atom. The molecule has 0 aliphatic heterocycles. The average molecular weight is 263 g/mol. The van der Waals surface area contributed by atoms with Crippen LogP contribution < -0.4 is 0 Å². The Balaban J connectivity index is 1.88. The van der Waals surface area contributed by atoms with Gasteiger partial charge >= 0.3 is 0 Å². The van der Waals surface area contributed by atoms with Crippen LogP contribution in [0.2, 0.25) is 0 Å². The van der Waals surface area contributed by atoms with Crippen molar-refractivity contribution in [3.63, 3.8) is 0 Å². The summed E-state index contributed by atoms with van der Waals surface area (Å²) in [6.07, 6.45) is 6.04. The molecule has 1 fully saturated rings. The van der Waals surface area contributed by atoms with E-state index in [9.17, 15) is 0 Å². The highest BCUT2D eigenvalue weighted by Crippen LogP contribution is 2.25. The highest BCUT2D eigenvalue weighted by Gasteiger charge is 2.19. The maximum absolute atomic E-state index is 8.68. The maximum atomic E-state index is 8.68. The van der Waals surface area contributed by atoms with Gasteiger partial charge < -0.3 is 5.11 Å². The lowest BCUT2D eigenvalue weighted by atomic mass is 10.2. The molecule has 0 aromatic carbocycles. The van der Waals surface area contributed by atoms with E-state index in [0.29, 0.717) is 6.42 Å². The lowest BCUT2D eigenvalue weighted by molar-refractivity contribution is 0.239. The molecule has 0 radical (unpaired) electrons. The van der Waals surface area contributed by atoms with Gasteiger partial charge in [-0.05, 0) is 26.0 Å². The molecule has 0 bridgehead atoms. The molecule has 1 saturated carbocycles. The third kappa shape index (κ3) is 3.84. The van der Waals surface area contributed by atoms with Crippen LogP contribution in [0.25, 0.3) is 0 Å². The van der Waals surface area contributed by atoms with Crippen molar-refractivity contribution in [2.75, 3.05) is 13.7 Å². The fourth-order valence-electron chi connectivity index (χ4n) is 2.47. The van der Waals surface area contributed by atoms with Crippen LogP contribution >= 0.6 is 11.3 Å². The van der Waals surface area contributed by atoms with Crippen molar-refractivity contribution in [3.8, 4) is 11.8 Å². The van der Waals surface area contributed by atoms with Crippen molar-refractivity contribution in [2.24, 2.45) is 0 Å². The molecule has 2 nitrogen and oxygen atoms in total. The number of aliphatic hydroxyl groups excluding tert-OH is 1. The van der Waals surface area contributed by atoms with E-state index in [1.807, 2.05) is 0 Å². The van der Waals surface area contributed by atoms with Gasteiger partial charge in [-0.3, -0.25) is 4.90 Å². The molecule has 1 aromatic rings. The minimum absolute atomic E-state index is 0.147. The van der Waals surface area contributed by atoms with Crippen molar-refractivity contribution in [3.05, 3.63) is 21.9 Å². The first-order valence-corrected chi connectivity index (χ1v) is 7.55. The van der Waals surface area contributed by atoms with E-state index in [0.717, 1.165) is 18.2 Å². The molecule has 1 N–H and O–H groups in total. The molecule has 0 saturated heterocycles. The van der Waals surface area contributed by atoms with Crippen LogP contribution in [0.4, 0.5) is 0 Å². The second-order valence-corrected chi connectivity index (χ2v) is 5.93. The third-order valence-electron chi connectivity index (χ3n) is 3.48. The topological polar surface area (TPSA) is 23.5 Å². The zero-order chi connectivity index (χ0) is 12.8. The summed E-state index contributed by atoms with van der Waals surface area (Å²) in [6.45, 7) is 1.19. The normalized spacial score (nSPS) is 15.9. The van der Waals surface area contributed by atoms with E-state index < -0.39 is 0 Å². The molecule has 1 aromatic heterocycles. The summed E-state index contributed by atoms with van der Waals surface area (Å²) < 4.78 is 0. The van der Waals surface area contributed by atoms with Gasteiger partial charge in [0, 0.05) is 34.8 Å². The maximum Gasteiger partial charge on any atom is 0.0540 e. The van der Waals surface area contributed by atoms with E-state index in [-0.39, 0.29) is 6.61 Å². The van der Waals surface area contributed by atoms with Crippen molar-refractivity contribution in [1.82, 2.24) is 4.90 Å².